The first-order chi connectivity index (χ1) is 38.6. The van der Waals surface area contributed by atoms with Crippen LogP contribution in [0.25, 0.3) is 11.2 Å². The number of fused-ring (bicyclic) bond motifs is 1. The molecule has 8 aromatic rings. The molecule has 80 heavy (non-hydrogen) atoms. The van der Waals surface area contributed by atoms with Gasteiger partial charge < -0.3 is 39.1 Å². The predicted octanol–water partition coefficient (Wildman–Crippen LogP) is 6.43. The van der Waals surface area contributed by atoms with Gasteiger partial charge in [-0.15, -0.1) is 0 Å². The molecule has 0 amide bonds. The van der Waals surface area contributed by atoms with E-state index in [1.165, 1.54) is 23.4 Å². The van der Waals surface area contributed by atoms with Crippen LogP contribution < -0.4 is 41.7 Å². The van der Waals surface area contributed by atoms with Crippen molar-refractivity contribution in [2.24, 2.45) is 0 Å². The van der Waals surface area contributed by atoms with Gasteiger partial charge in [0.05, 0.1) is 38.7 Å². The summed E-state index contributed by atoms with van der Waals surface area (Å²) in [6.07, 6.45) is -3.92. The monoisotopic (exact) mass is 1120 g/mol. The number of rotatable bonds is 16. The maximum absolute atomic E-state index is 15.8. The number of H-pyrrole nitrogens is 1. The number of ether oxygens (including phenoxy) is 4. The van der Waals surface area contributed by atoms with E-state index >= 15 is 4.89 Å². The van der Waals surface area contributed by atoms with E-state index in [9.17, 15) is 14.7 Å². The molecule has 5 aromatic carbocycles. The summed E-state index contributed by atoms with van der Waals surface area (Å²) in [5, 5.41) is 15.3. The van der Waals surface area contributed by atoms with Crippen LogP contribution in [-0.2, 0) is 32.9 Å². The topological polar surface area (TPSA) is 242 Å². The molecule has 3 aromatic heterocycles. The smallest absolute Gasteiger partial charge is 0.380 e. The summed E-state index contributed by atoms with van der Waals surface area (Å²) < 4.78 is 55.7. The van der Waals surface area contributed by atoms with Crippen molar-refractivity contribution in [3.63, 3.8) is 0 Å². The average molecular weight is 1120 g/mol. The number of methoxy groups -OCH3 is 2. The summed E-state index contributed by atoms with van der Waals surface area (Å²) in [6.45, 7) is 8.02. The fraction of sp³-hybridized carbons (Fsp3) is 0.339. The van der Waals surface area contributed by atoms with Gasteiger partial charge in [-0.05, 0) is 63.3 Å². The molecule has 3 fully saturated rings. The quantitative estimate of drug-likeness (QED) is 0.0537. The van der Waals surface area contributed by atoms with E-state index in [2.05, 4.69) is 65.0 Å². The van der Waals surface area contributed by atoms with Gasteiger partial charge in [-0.2, -0.15) is 13.6 Å². The van der Waals surface area contributed by atoms with Gasteiger partial charge in [0, 0.05) is 31.0 Å². The molecule has 3 aliphatic rings. The Morgan fingerprint density at radius 1 is 0.762 bits per heavy atom. The van der Waals surface area contributed by atoms with E-state index in [1.807, 2.05) is 115 Å². The zero-order valence-corrected chi connectivity index (χ0v) is 47.1. The van der Waals surface area contributed by atoms with E-state index in [1.54, 1.807) is 25.7 Å². The number of aliphatic hydroxyl groups is 1. The molecular formula is C59H64N7O12PSi. The summed E-state index contributed by atoms with van der Waals surface area (Å²) in [5.74, 6) is 1.36. The lowest BCUT2D eigenvalue weighted by Crippen LogP contribution is -2.68. The first-order valence-corrected chi connectivity index (χ1v) is 29.9. The standard InChI is InChI=1S/C59H64N7O12PSi/c1-37-34-65(57(69)64-56(37)68)48-33-47(78-80(58(2,3)4,43-18-12-8-13-19-43)44-20-14-9-15-21-44)51(74-48)45-30-31-73-79(70,76-45)77-46-32-49(66-36-63-50-54(60)61-35-62-55(50)66)75-52(46)53(67)59(38-16-10-7-11-17-38,39-22-26-41(71-5)27-23-39)40-24-28-42(72-6)29-25-40/h7-29,34-36,45-49,51-53,67H,30-33H2,1-6H3,(H2,60,61,62)(H,64,68,69)/t45-,46-,47-,48+,49+,51+,52-,53?,79?/m0/s1. The van der Waals surface area contributed by atoms with Crippen molar-refractivity contribution in [3.8, 4) is 11.5 Å². The van der Waals surface area contributed by atoms with E-state index in [0.29, 0.717) is 44.9 Å². The van der Waals surface area contributed by atoms with Crippen molar-refractivity contribution in [3.05, 3.63) is 201 Å². The molecular weight excluding hydrogens is 1060 g/mol. The molecule has 2 unspecified atom stereocenters. The number of benzene rings is 5. The predicted molar refractivity (Wildman–Crippen MR) is 301 cm³/mol. The van der Waals surface area contributed by atoms with Gasteiger partial charge in [0.15, 0.2) is 11.5 Å². The Bertz CT molecular complexity index is 3470. The number of phosphoric ester groups is 1. The zero-order valence-electron chi connectivity index (χ0n) is 45.2. The second kappa shape index (κ2) is 22.2. The number of imidazole rings is 1. The molecule has 416 valence electrons. The average Bonchev–Trinajstić information content (AvgIpc) is 3.55. The summed E-state index contributed by atoms with van der Waals surface area (Å²) in [7, 11) is -4.84. The van der Waals surface area contributed by atoms with Gasteiger partial charge in [0.2, 0.25) is 0 Å². The molecule has 0 radical (unpaired) electrons. The number of aliphatic hydroxyl groups excluding tert-OH is 1. The molecule has 0 spiro atoms. The normalized spacial score (nSPS) is 24.0. The molecule has 0 saturated carbocycles. The number of aromatic nitrogens is 6. The largest absolute Gasteiger partial charge is 0.606 e. The fourth-order valence-electron chi connectivity index (χ4n) is 11.9. The molecule has 3 saturated heterocycles. The number of hydrogen-bond acceptors (Lipinski definition) is 16. The first-order valence-electron chi connectivity index (χ1n) is 26.6. The number of nitrogens with one attached hydrogen (secondary N) is 1. The van der Waals surface area contributed by atoms with Gasteiger partial charge in [-0.3, -0.25) is 18.9 Å². The maximum atomic E-state index is 15.8. The van der Waals surface area contributed by atoms with E-state index in [0.717, 1.165) is 10.4 Å². The van der Waals surface area contributed by atoms with Crippen molar-refractivity contribution in [2.75, 3.05) is 26.6 Å². The highest BCUT2D eigenvalue weighted by atomic mass is 31.2. The Kier molecular flexibility index (Phi) is 15.2. The van der Waals surface area contributed by atoms with Crippen LogP contribution in [0.4, 0.5) is 5.82 Å². The van der Waals surface area contributed by atoms with E-state index in [4.69, 9.17) is 42.7 Å². The van der Waals surface area contributed by atoms with Crippen LogP contribution in [0.15, 0.2) is 168 Å². The number of aromatic amines is 1. The number of phosphoric acid groups is 1. The Morgan fingerprint density at radius 2 is 1.32 bits per heavy atom. The first kappa shape index (κ1) is 55.0. The Labute approximate surface area is 464 Å². The number of aryl methyl sites for hydroxylation is 1. The van der Waals surface area contributed by atoms with Crippen molar-refractivity contribution in [1.82, 2.24) is 29.1 Å². The highest BCUT2D eigenvalue weighted by Crippen LogP contribution is 2.62. The lowest BCUT2D eigenvalue weighted by molar-refractivity contribution is -0.274. The van der Waals surface area contributed by atoms with Crippen molar-refractivity contribution < 1.29 is 46.9 Å². The number of nitrogens with two attached hydrogens (primary N) is 1. The highest BCUT2D eigenvalue weighted by molar-refractivity contribution is 7.54. The molecule has 0 bridgehead atoms. The lowest BCUT2D eigenvalue weighted by Gasteiger charge is -2.46. The third-order valence-corrected chi connectivity index (χ3v) is 22.4. The summed E-state index contributed by atoms with van der Waals surface area (Å²) in [6, 6.07) is 44.7. The Morgan fingerprint density at radius 3 is 1.91 bits per heavy atom. The minimum Gasteiger partial charge on any atom is -0.606 e. The SMILES string of the molecule is COc1ccc(C(c2ccccc2)(c2ccc(OC)cc2)C(O)[C@H]2O[C@@H](n3cnc4c(N)ncnc43)C[C@@H]2O[P+]2([O-])OCC[C@@H]([C@H]3O[C@@H](n4cc(C)c(=O)[nH]c4=O)C[C@@H]3O[Si](c3ccccc3)(c3ccccc3)C(C)(C)C)O2)cc1. The molecule has 21 heteroatoms. The van der Waals surface area contributed by atoms with Gasteiger partial charge in [-0.25, -0.2) is 19.7 Å². The van der Waals surface area contributed by atoms with Gasteiger partial charge in [0.1, 0.15) is 66.3 Å². The Hall–Kier alpha value is -6.94. The van der Waals surface area contributed by atoms with Crippen LogP contribution in [0.2, 0.25) is 5.04 Å². The Balaban J connectivity index is 1.01. The molecule has 9 atom stereocenters. The molecule has 11 rings (SSSR count). The number of nitrogens with zero attached hydrogens (tertiary/aromatic N) is 5. The summed E-state index contributed by atoms with van der Waals surface area (Å²) in [5.41, 5.74) is 6.77. The molecule has 6 heterocycles. The molecule has 19 nitrogen and oxygen atoms in total. The van der Waals surface area contributed by atoms with Crippen molar-refractivity contribution in [1.29, 1.82) is 0 Å². The van der Waals surface area contributed by atoms with Crippen LogP contribution in [-0.4, -0.2) is 99.9 Å². The third kappa shape index (κ3) is 9.97. The lowest BCUT2D eigenvalue weighted by atomic mass is 9.64. The summed E-state index contributed by atoms with van der Waals surface area (Å²) in [4.78, 5) is 57.7. The fourth-order valence-corrected chi connectivity index (χ4v) is 18.2. The van der Waals surface area contributed by atoms with Gasteiger partial charge in [0.25, 0.3) is 13.9 Å². The zero-order chi connectivity index (χ0) is 56.0. The minimum atomic E-state index is -4.67. The van der Waals surface area contributed by atoms with Crippen LogP contribution in [0.5, 0.6) is 11.5 Å². The maximum Gasteiger partial charge on any atom is 0.380 e. The number of anilines is 1. The number of nitrogen functional groups attached to an aromatic ring is 1. The molecule has 3 aliphatic heterocycles. The second-order valence-electron chi connectivity index (χ2n) is 21.4. The molecule has 4 N–H and O–H groups in total. The van der Waals surface area contributed by atoms with Crippen LogP contribution in [0.3, 0.4) is 0 Å². The van der Waals surface area contributed by atoms with E-state index in [-0.39, 0.29) is 31.7 Å². The van der Waals surface area contributed by atoms with Gasteiger partial charge >= 0.3 is 13.9 Å². The summed E-state index contributed by atoms with van der Waals surface area (Å²) >= 11 is 0. The van der Waals surface area contributed by atoms with E-state index < -0.39 is 87.3 Å². The van der Waals surface area contributed by atoms with Gasteiger partial charge in [-0.1, -0.05) is 136 Å². The highest BCUT2D eigenvalue weighted by Gasteiger charge is 2.60. The number of hydrogen-bond donors (Lipinski definition) is 3. The second-order valence-corrected chi connectivity index (χ2v) is 27.2. The van der Waals surface area contributed by atoms with Crippen molar-refractivity contribution >= 4 is 43.8 Å². The van der Waals surface area contributed by atoms with Crippen LogP contribution >= 0.6 is 8.17 Å². The minimum absolute atomic E-state index is 0.00929. The van der Waals surface area contributed by atoms with Crippen molar-refractivity contribution in [2.45, 2.75) is 106 Å². The molecule has 0 aliphatic carbocycles. The van der Waals surface area contributed by atoms with Crippen LogP contribution in [0.1, 0.15) is 74.7 Å². The third-order valence-electron chi connectivity index (χ3n) is 15.7. The van der Waals surface area contributed by atoms with Crippen LogP contribution in [0, 0.1) is 6.92 Å².